The van der Waals surface area contributed by atoms with E-state index in [1.54, 1.807) is 18.3 Å². The maximum absolute atomic E-state index is 15.2. The molecule has 0 spiro atoms. The number of piperazine rings is 1. The van der Waals surface area contributed by atoms with Crippen molar-refractivity contribution in [3.63, 3.8) is 0 Å². The van der Waals surface area contributed by atoms with Crippen LogP contribution in [0.4, 0.5) is 10.1 Å². The van der Waals surface area contributed by atoms with Gasteiger partial charge in [0.2, 0.25) is 5.89 Å². The van der Waals surface area contributed by atoms with Crippen molar-refractivity contribution in [1.29, 1.82) is 0 Å². The number of fused-ring (bicyclic) bond motifs is 1. The fourth-order valence-electron chi connectivity index (χ4n) is 4.78. The number of aromatic nitrogens is 6. The van der Waals surface area contributed by atoms with E-state index in [0.717, 1.165) is 37.4 Å². The lowest BCUT2D eigenvalue weighted by atomic mass is 9.97. The number of nitrogens with one attached hydrogen (secondary N) is 2. The summed E-state index contributed by atoms with van der Waals surface area (Å²) in [6.45, 7) is 13.7. The fraction of sp³-hybridized carbons (Fsp3) is 0.375. The number of anilines is 1. The Morgan fingerprint density at radius 2 is 1.82 bits per heavy atom. The molecule has 0 atom stereocenters. The highest BCUT2D eigenvalue weighted by Crippen LogP contribution is 2.30. The van der Waals surface area contributed by atoms with Gasteiger partial charge in [0.1, 0.15) is 11.5 Å². The molecule has 0 saturated carbocycles. The lowest BCUT2D eigenvalue weighted by molar-refractivity contribution is 0.0937. The molecule has 0 bridgehead atoms. The number of amides is 1. The topological polar surface area (TPSA) is 129 Å². The fourth-order valence-corrected chi connectivity index (χ4v) is 4.78. The van der Waals surface area contributed by atoms with E-state index in [1.807, 2.05) is 52.9 Å². The van der Waals surface area contributed by atoms with Crippen LogP contribution in [0.1, 0.15) is 56.7 Å². The SMILES string of the molecule is CC.CN1CCN(c2ccc(-c3nc4nccc(-c5ccc(CNC(=O)c6noc(C(C)(C)C)n6)c(F)c5)c4[nH]3)nc2)CC1. The van der Waals surface area contributed by atoms with Crippen LogP contribution < -0.4 is 10.2 Å². The number of aromatic amines is 1. The molecular formula is C32H38FN9O2. The first-order chi connectivity index (χ1) is 21.2. The van der Waals surface area contributed by atoms with E-state index >= 15 is 4.39 Å². The van der Waals surface area contributed by atoms with E-state index in [4.69, 9.17) is 4.52 Å². The molecule has 1 fully saturated rings. The number of imidazole rings is 1. The molecule has 0 aliphatic carbocycles. The van der Waals surface area contributed by atoms with Crippen molar-refractivity contribution in [1.82, 2.24) is 40.3 Å². The number of halogens is 1. The van der Waals surface area contributed by atoms with Crippen LogP contribution in [0.2, 0.25) is 0 Å². The molecule has 1 amide bonds. The van der Waals surface area contributed by atoms with Crippen LogP contribution in [0.5, 0.6) is 0 Å². The second kappa shape index (κ2) is 12.9. The molecule has 2 N–H and O–H groups in total. The minimum absolute atomic E-state index is 0.0277. The first kappa shape index (κ1) is 30.7. The van der Waals surface area contributed by atoms with Gasteiger partial charge in [0.15, 0.2) is 11.5 Å². The van der Waals surface area contributed by atoms with E-state index in [0.29, 0.717) is 39.7 Å². The normalized spacial score (nSPS) is 13.9. The second-order valence-corrected chi connectivity index (χ2v) is 11.5. The van der Waals surface area contributed by atoms with Crippen LogP contribution in [0, 0.1) is 5.82 Å². The zero-order valence-corrected chi connectivity index (χ0v) is 26.0. The Morgan fingerprint density at radius 1 is 1.05 bits per heavy atom. The van der Waals surface area contributed by atoms with Crippen molar-refractivity contribution < 1.29 is 13.7 Å². The van der Waals surface area contributed by atoms with Crippen LogP contribution in [0.3, 0.4) is 0 Å². The van der Waals surface area contributed by atoms with Gasteiger partial charge in [0.05, 0.1) is 17.4 Å². The standard InChI is InChI=1S/C30H32FN9O2.C2H6/c1-30(2,3)29-37-27(38-42-29)28(41)34-16-19-6-5-18(15-22(19)31)21-9-10-32-26-24(21)35-25(36-26)23-8-7-20(17-33-23)40-13-11-39(4)12-14-40;1-2/h5-10,15,17H,11-14,16H2,1-4H3,(H,34,41)(H,32,35,36);1-2H3. The Hall–Kier alpha value is -4.71. The second-order valence-electron chi connectivity index (χ2n) is 11.5. The highest BCUT2D eigenvalue weighted by atomic mass is 19.1. The van der Waals surface area contributed by atoms with E-state index in [-0.39, 0.29) is 17.8 Å². The highest BCUT2D eigenvalue weighted by Gasteiger charge is 2.24. The van der Waals surface area contributed by atoms with Gasteiger partial charge in [-0.05, 0) is 36.9 Å². The number of hydrogen-bond donors (Lipinski definition) is 2. The number of benzene rings is 1. The van der Waals surface area contributed by atoms with Crippen molar-refractivity contribution in [2.75, 3.05) is 38.1 Å². The Labute approximate surface area is 255 Å². The largest absolute Gasteiger partial charge is 0.368 e. The number of rotatable bonds is 6. The minimum atomic E-state index is -0.538. The lowest BCUT2D eigenvalue weighted by Gasteiger charge is -2.33. The van der Waals surface area contributed by atoms with Crippen LogP contribution >= 0.6 is 0 Å². The summed E-state index contributed by atoms with van der Waals surface area (Å²) >= 11 is 0. The number of H-pyrrole nitrogens is 1. The number of pyridine rings is 2. The van der Waals surface area contributed by atoms with Gasteiger partial charge in [-0.15, -0.1) is 0 Å². The summed E-state index contributed by atoms with van der Waals surface area (Å²) in [5, 5.41) is 6.39. The summed E-state index contributed by atoms with van der Waals surface area (Å²) in [6.07, 6.45) is 3.52. The van der Waals surface area contributed by atoms with Gasteiger partial charge in [-0.1, -0.05) is 51.9 Å². The molecule has 12 heteroatoms. The third kappa shape index (κ3) is 6.60. The number of nitrogens with zero attached hydrogens (tertiary/aromatic N) is 7. The maximum atomic E-state index is 15.2. The predicted octanol–water partition coefficient (Wildman–Crippen LogP) is 5.21. The number of carbonyl (C=O) groups is 1. The van der Waals surface area contributed by atoms with Gasteiger partial charge in [-0.3, -0.25) is 9.78 Å². The first-order valence-electron chi connectivity index (χ1n) is 14.8. The van der Waals surface area contributed by atoms with E-state index in [1.165, 1.54) is 6.07 Å². The van der Waals surface area contributed by atoms with E-state index < -0.39 is 11.7 Å². The lowest BCUT2D eigenvalue weighted by Crippen LogP contribution is -2.44. The van der Waals surface area contributed by atoms with Crippen molar-refractivity contribution in [3.05, 3.63) is 71.9 Å². The summed E-state index contributed by atoms with van der Waals surface area (Å²) in [4.78, 5) is 38.3. The highest BCUT2D eigenvalue weighted by molar-refractivity contribution is 5.91. The van der Waals surface area contributed by atoms with Crippen molar-refractivity contribution in [3.8, 4) is 22.6 Å². The van der Waals surface area contributed by atoms with E-state index in [2.05, 4.69) is 58.3 Å². The molecule has 0 unspecified atom stereocenters. The molecule has 5 heterocycles. The first-order valence-corrected chi connectivity index (χ1v) is 14.8. The monoisotopic (exact) mass is 599 g/mol. The maximum Gasteiger partial charge on any atom is 0.292 e. The Morgan fingerprint density at radius 3 is 2.48 bits per heavy atom. The van der Waals surface area contributed by atoms with Gasteiger partial charge < -0.3 is 24.6 Å². The smallest absolute Gasteiger partial charge is 0.292 e. The molecule has 230 valence electrons. The molecule has 1 aliphatic rings. The molecule has 5 aromatic rings. The molecule has 1 saturated heterocycles. The van der Waals surface area contributed by atoms with Crippen molar-refractivity contribution >= 4 is 22.8 Å². The number of hydrogen-bond acceptors (Lipinski definition) is 9. The summed E-state index contributed by atoms with van der Waals surface area (Å²) in [5.41, 5.74) is 4.33. The van der Waals surface area contributed by atoms with Crippen molar-refractivity contribution in [2.45, 2.75) is 46.6 Å². The summed E-state index contributed by atoms with van der Waals surface area (Å²) in [7, 11) is 2.13. The minimum Gasteiger partial charge on any atom is -0.368 e. The Kier molecular flexibility index (Phi) is 9.00. The molecule has 0 radical (unpaired) electrons. The Balaban J connectivity index is 0.00000188. The predicted molar refractivity (Wildman–Crippen MR) is 168 cm³/mol. The molecular weight excluding hydrogens is 561 g/mol. The number of likely N-dealkylation sites (N-methyl/N-ethyl adjacent to an activating group) is 1. The van der Waals surface area contributed by atoms with Gasteiger partial charge in [-0.2, -0.15) is 4.98 Å². The molecule has 6 rings (SSSR count). The van der Waals surface area contributed by atoms with E-state index in [9.17, 15) is 4.79 Å². The quantitative estimate of drug-likeness (QED) is 0.270. The molecule has 44 heavy (non-hydrogen) atoms. The molecule has 4 aromatic heterocycles. The van der Waals surface area contributed by atoms with Gasteiger partial charge in [-0.25, -0.2) is 14.4 Å². The molecule has 1 aromatic carbocycles. The average molecular weight is 600 g/mol. The third-order valence-electron chi connectivity index (χ3n) is 7.33. The van der Waals surface area contributed by atoms with Gasteiger partial charge in [0, 0.05) is 55.5 Å². The van der Waals surface area contributed by atoms with Crippen molar-refractivity contribution in [2.24, 2.45) is 0 Å². The number of carbonyl (C=O) groups excluding carboxylic acids is 1. The summed E-state index contributed by atoms with van der Waals surface area (Å²) in [6, 6.07) is 10.7. The van der Waals surface area contributed by atoms with Gasteiger partial charge >= 0.3 is 0 Å². The molecule has 11 nitrogen and oxygen atoms in total. The Bertz CT molecular complexity index is 1730. The van der Waals surface area contributed by atoms with Crippen LogP contribution in [-0.2, 0) is 12.0 Å². The van der Waals surface area contributed by atoms with Gasteiger partial charge in [0.25, 0.3) is 11.7 Å². The van der Waals surface area contributed by atoms with Crippen LogP contribution in [-0.4, -0.2) is 74.1 Å². The third-order valence-corrected chi connectivity index (χ3v) is 7.33. The summed E-state index contributed by atoms with van der Waals surface area (Å²) < 4.78 is 20.3. The average Bonchev–Trinajstić information content (AvgIpc) is 3.70. The molecule has 1 aliphatic heterocycles. The zero-order valence-electron chi connectivity index (χ0n) is 26.0. The summed E-state index contributed by atoms with van der Waals surface area (Å²) in [5.74, 6) is -0.140. The van der Waals surface area contributed by atoms with Crippen LogP contribution in [0.15, 0.2) is 53.3 Å². The zero-order chi connectivity index (χ0) is 31.4. The van der Waals surface area contributed by atoms with Crippen LogP contribution in [0.25, 0.3) is 33.8 Å².